The van der Waals surface area contributed by atoms with Gasteiger partial charge in [0.1, 0.15) is 11.2 Å². The SMILES string of the molecule is CC1(C)c2ccccc2-c2ccc(N(c3ccc(-c4cccc(-n5c6ccccc6c6ccccc65)c4)cc3)c3ccccc3-c3cccc4oc5c6ccccc6ccc5c34)cc21. The van der Waals surface area contributed by atoms with Crippen molar-refractivity contribution in [2.24, 2.45) is 0 Å². The van der Waals surface area contributed by atoms with Crippen LogP contribution in [0.1, 0.15) is 25.0 Å². The van der Waals surface area contributed by atoms with Crippen LogP contribution < -0.4 is 4.90 Å². The molecule has 1 aliphatic carbocycles. The van der Waals surface area contributed by atoms with Gasteiger partial charge in [0.25, 0.3) is 0 Å². The molecular weight excluding hydrogens is 777 g/mol. The second-order valence-corrected chi connectivity index (χ2v) is 17.7. The smallest absolute Gasteiger partial charge is 0.143 e. The van der Waals surface area contributed by atoms with Crippen LogP contribution in [0.4, 0.5) is 17.1 Å². The Morgan fingerprint density at radius 2 is 1.06 bits per heavy atom. The molecule has 3 heteroatoms. The number of para-hydroxylation sites is 3. The minimum absolute atomic E-state index is 0.150. The van der Waals surface area contributed by atoms with Gasteiger partial charge in [-0.05, 0) is 111 Å². The van der Waals surface area contributed by atoms with Crippen molar-refractivity contribution in [3.63, 3.8) is 0 Å². The molecular formula is C61H42N2O. The van der Waals surface area contributed by atoms with E-state index in [9.17, 15) is 0 Å². The number of anilines is 3. The first-order chi connectivity index (χ1) is 31.5. The summed E-state index contributed by atoms with van der Waals surface area (Å²) in [5.41, 5.74) is 18.4. The van der Waals surface area contributed by atoms with E-state index in [1.807, 2.05) is 0 Å². The summed E-state index contributed by atoms with van der Waals surface area (Å²) in [6.45, 7) is 4.72. The van der Waals surface area contributed by atoms with Crippen molar-refractivity contribution < 1.29 is 4.42 Å². The number of hydrogen-bond donors (Lipinski definition) is 0. The van der Waals surface area contributed by atoms with E-state index in [0.29, 0.717) is 0 Å². The topological polar surface area (TPSA) is 21.3 Å². The van der Waals surface area contributed by atoms with Crippen LogP contribution in [0, 0.1) is 0 Å². The lowest BCUT2D eigenvalue weighted by atomic mass is 9.82. The normalized spacial score (nSPS) is 13.0. The lowest BCUT2D eigenvalue weighted by Crippen LogP contribution is -2.16. The molecule has 0 saturated carbocycles. The summed E-state index contributed by atoms with van der Waals surface area (Å²) >= 11 is 0. The number of furan rings is 1. The van der Waals surface area contributed by atoms with Crippen molar-refractivity contribution in [3.05, 3.63) is 230 Å². The van der Waals surface area contributed by atoms with E-state index < -0.39 is 0 Å². The third-order valence-corrected chi connectivity index (χ3v) is 13.8. The van der Waals surface area contributed by atoms with Crippen molar-refractivity contribution >= 4 is 71.6 Å². The van der Waals surface area contributed by atoms with Gasteiger partial charge in [0.2, 0.25) is 0 Å². The van der Waals surface area contributed by atoms with E-state index in [0.717, 1.165) is 66.8 Å². The summed E-state index contributed by atoms with van der Waals surface area (Å²) in [4.78, 5) is 2.45. The fourth-order valence-electron chi connectivity index (χ4n) is 10.8. The molecule has 0 fully saturated rings. The third kappa shape index (κ3) is 5.41. The number of rotatable bonds is 6. The Labute approximate surface area is 371 Å². The van der Waals surface area contributed by atoms with Crippen molar-refractivity contribution in [1.29, 1.82) is 0 Å². The Hall–Kier alpha value is -8.14. The van der Waals surface area contributed by atoms with Crippen LogP contribution in [-0.4, -0.2) is 4.57 Å². The molecule has 13 rings (SSSR count). The van der Waals surface area contributed by atoms with Crippen LogP contribution in [0.2, 0.25) is 0 Å². The quantitative estimate of drug-likeness (QED) is 0.167. The summed E-state index contributed by atoms with van der Waals surface area (Å²) in [7, 11) is 0. The number of nitrogens with zero attached hydrogens (tertiary/aromatic N) is 2. The standard InChI is InChI=1S/C61H42N2O/c1-61(2)53-24-9-5-19-46(53)47-36-34-44(38-54(47)61)62(55-25-10-8-22-50(55)51-23-14-28-58-59(51)52-35-31-40-15-3-4-18-45(40)60(52)64-58)42-32-29-39(30-33-42)41-16-13-17-43(37-41)63-56-26-11-6-20-48(56)49-21-7-12-27-57(49)63/h3-38H,1-2H3. The van der Waals surface area contributed by atoms with Gasteiger partial charge in [0, 0.05) is 55.0 Å². The second-order valence-electron chi connectivity index (χ2n) is 17.7. The molecule has 0 spiro atoms. The molecule has 0 radical (unpaired) electrons. The van der Waals surface area contributed by atoms with E-state index in [1.165, 1.54) is 55.0 Å². The molecule has 0 unspecified atom stereocenters. The van der Waals surface area contributed by atoms with E-state index in [-0.39, 0.29) is 5.41 Å². The van der Waals surface area contributed by atoms with E-state index in [2.05, 4.69) is 242 Å². The highest BCUT2D eigenvalue weighted by Crippen LogP contribution is 2.52. The molecule has 1 aliphatic rings. The first-order valence-electron chi connectivity index (χ1n) is 22.2. The minimum Gasteiger partial charge on any atom is -0.455 e. The molecule has 0 aliphatic heterocycles. The summed E-state index contributed by atoms with van der Waals surface area (Å²) in [5.74, 6) is 0. The fraction of sp³-hybridized carbons (Fsp3) is 0.0492. The van der Waals surface area contributed by atoms with Crippen LogP contribution in [-0.2, 0) is 5.41 Å². The maximum atomic E-state index is 6.72. The number of benzene rings is 10. The average Bonchev–Trinajstić information content (AvgIpc) is 3.98. The molecule has 12 aromatic rings. The van der Waals surface area contributed by atoms with Gasteiger partial charge in [-0.15, -0.1) is 0 Å². The zero-order valence-corrected chi connectivity index (χ0v) is 35.6. The highest BCUT2D eigenvalue weighted by Gasteiger charge is 2.36. The van der Waals surface area contributed by atoms with E-state index >= 15 is 0 Å². The van der Waals surface area contributed by atoms with Crippen LogP contribution in [0.15, 0.2) is 223 Å². The Morgan fingerprint density at radius 1 is 0.422 bits per heavy atom. The van der Waals surface area contributed by atoms with Gasteiger partial charge in [-0.2, -0.15) is 0 Å². The maximum Gasteiger partial charge on any atom is 0.143 e. The summed E-state index contributed by atoms with van der Waals surface area (Å²) in [6, 6.07) is 79.6. The lowest BCUT2D eigenvalue weighted by Gasteiger charge is -2.30. The zero-order valence-electron chi connectivity index (χ0n) is 35.6. The van der Waals surface area contributed by atoms with Crippen molar-refractivity contribution in [2.75, 3.05) is 4.90 Å². The molecule has 2 heterocycles. The first kappa shape index (κ1) is 36.5. The molecule has 0 saturated heterocycles. The van der Waals surface area contributed by atoms with Crippen LogP contribution in [0.5, 0.6) is 0 Å². The van der Waals surface area contributed by atoms with Crippen molar-refractivity contribution in [2.45, 2.75) is 19.3 Å². The summed E-state index contributed by atoms with van der Waals surface area (Å²) in [5, 5.41) is 7.07. The molecule has 0 bridgehead atoms. The zero-order chi connectivity index (χ0) is 42.5. The monoisotopic (exact) mass is 818 g/mol. The predicted octanol–water partition coefficient (Wildman–Crippen LogP) is 16.9. The number of hydrogen-bond acceptors (Lipinski definition) is 2. The van der Waals surface area contributed by atoms with Gasteiger partial charge in [-0.3, -0.25) is 0 Å². The Balaban J connectivity index is 0.979. The summed E-state index contributed by atoms with van der Waals surface area (Å²) in [6.07, 6.45) is 0. The van der Waals surface area contributed by atoms with Crippen LogP contribution >= 0.6 is 0 Å². The molecule has 0 amide bonds. The Bertz CT molecular complexity index is 3770. The van der Waals surface area contributed by atoms with Crippen molar-refractivity contribution in [3.8, 4) is 39.1 Å². The minimum atomic E-state index is -0.150. The van der Waals surface area contributed by atoms with Crippen LogP contribution in [0.25, 0.3) is 93.6 Å². The number of aromatic nitrogens is 1. The van der Waals surface area contributed by atoms with Gasteiger partial charge in [-0.1, -0.05) is 166 Å². The van der Waals surface area contributed by atoms with Gasteiger partial charge in [0.05, 0.1) is 16.7 Å². The first-order valence-corrected chi connectivity index (χ1v) is 22.2. The highest BCUT2D eigenvalue weighted by atomic mass is 16.3. The fourth-order valence-corrected chi connectivity index (χ4v) is 10.8. The molecule has 2 aromatic heterocycles. The second kappa shape index (κ2) is 13.9. The predicted molar refractivity (Wildman–Crippen MR) is 269 cm³/mol. The molecule has 0 N–H and O–H groups in total. The van der Waals surface area contributed by atoms with E-state index in [1.54, 1.807) is 0 Å². The van der Waals surface area contributed by atoms with Gasteiger partial charge in [0.15, 0.2) is 0 Å². The Kier molecular flexibility index (Phi) is 7.95. The average molecular weight is 819 g/mol. The van der Waals surface area contributed by atoms with Crippen molar-refractivity contribution in [1.82, 2.24) is 4.57 Å². The van der Waals surface area contributed by atoms with Gasteiger partial charge in [-0.25, -0.2) is 0 Å². The molecule has 64 heavy (non-hydrogen) atoms. The molecule has 3 nitrogen and oxygen atoms in total. The largest absolute Gasteiger partial charge is 0.455 e. The van der Waals surface area contributed by atoms with Gasteiger partial charge >= 0.3 is 0 Å². The third-order valence-electron chi connectivity index (χ3n) is 13.8. The molecule has 302 valence electrons. The summed E-state index contributed by atoms with van der Waals surface area (Å²) < 4.78 is 9.11. The number of fused-ring (bicyclic) bond motifs is 11. The Morgan fingerprint density at radius 3 is 1.88 bits per heavy atom. The lowest BCUT2D eigenvalue weighted by molar-refractivity contribution is 0.660. The highest BCUT2D eigenvalue weighted by molar-refractivity contribution is 6.20. The van der Waals surface area contributed by atoms with E-state index in [4.69, 9.17) is 4.42 Å². The maximum absolute atomic E-state index is 6.72. The van der Waals surface area contributed by atoms with Crippen LogP contribution in [0.3, 0.4) is 0 Å². The van der Waals surface area contributed by atoms with Gasteiger partial charge < -0.3 is 13.9 Å². The molecule has 0 atom stereocenters. The molecule has 10 aromatic carbocycles.